The molecular weight excluding hydrogens is 441 g/mol. The monoisotopic (exact) mass is 473 g/mol. The molecule has 4 rings (SSSR count). The van der Waals surface area contributed by atoms with Gasteiger partial charge < -0.3 is 10.1 Å². The van der Waals surface area contributed by atoms with Crippen LogP contribution in [-0.2, 0) is 22.6 Å². The van der Waals surface area contributed by atoms with Crippen LogP contribution in [0, 0.1) is 11.7 Å². The second-order valence-electron chi connectivity index (χ2n) is 9.07. The van der Waals surface area contributed by atoms with E-state index in [1.807, 2.05) is 12.1 Å². The van der Waals surface area contributed by atoms with Crippen LogP contribution in [0.1, 0.15) is 30.4 Å². The fraction of sp³-hybridized carbons (Fsp3) is 0.500. The highest BCUT2D eigenvalue weighted by Gasteiger charge is 2.34. The zero-order valence-corrected chi connectivity index (χ0v) is 19.8. The van der Waals surface area contributed by atoms with E-state index in [1.165, 1.54) is 17.7 Å². The predicted molar refractivity (Wildman–Crippen MR) is 128 cm³/mol. The summed E-state index contributed by atoms with van der Waals surface area (Å²) in [6, 6.07) is 14.8. The smallest absolute Gasteiger partial charge is 0.220 e. The highest BCUT2D eigenvalue weighted by atomic mass is 35.5. The van der Waals surface area contributed by atoms with Crippen LogP contribution in [0.5, 0.6) is 0 Å². The molecule has 0 bridgehead atoms. The van der Waals surface area contributed by atoms with Gasteiger partial charge in [-0.3, -0.25) is 14.6 Å². The zero-order chi connectivity index (χ0) is 23.0. The van der Waals surface area contributed by atoms with Gasteiger partial charge in [0.05, 0.1) is 13.2 Å². The number of hydrogen-bond donors (Lipinski definition) is 1. The Labute approximate surface area is 200 Å². The summed E-state index contributed by atoms with van der Waals surface area (Å²) in [7, 11) is 0. The minimum absolute atomic E-state index is 0.0508. The lowest BCUT2D eigenvalue weighted by Gasteiger charge is -2.45. The van der Waals surface area contributed by atoms with Crippen LogP contribution >= 0.6 is 11.6 Å². The predicted octanol–water partition coefficient (Wildman–Crippen LogP) is 4.10. The van der Waals surface area contributed by atoms with E-state index in [0.717, 1.165) is 69.4 Å². The Balaban J connectivity index is 1.33. The highest BCUT2D eigenvalue weighted by Crippen LogP contribution is 2.28. The quantitative estimate of drug-likeness (QED) is 0.627. The van der Waals surface area contributed by atoms with E-state index in [9.17, 15) is 9.18 Å². The third-order valence-electron chi connectivity index (χ3n) is 6.76. The normalized spacial score (nSPS) is 22.2. The van der Waals surface area contributed by atoms with Gasteiger partial charge in [-0.15, -0.1) is 0 Å². The molecule has 2 aliphatic rings. The molecule has 2 aliphatic heterocycles. The maximum absolute atomic E-state index is 13.1. The number of piperidine rings is 1. The maximum atomic E-state index is 13.1. The number of nitrogens with one attached hydrogen (secondary N) is 1. The number of carbonyl (C=O) groups excluding carboxylic acids is 1. The number of likely N-dealkylation sites (tertiary alicyclic amines) is 1. The Kier molecular flexibility index (Phi) is 8.73. The summed E-state index contributed by atoms with van der Waals surface area (Å²) in [6.07, 6.45) is 2.46. The second-order valence-corrected chi connectivity index (χ2v) is 9.50. The third kappa shape index (κ3) is 7.24. The number of carbonyl (C=O) groups is 1. The van der Waals surface area contributed by atoms with Gasteiger partial charge in [-0.2, -0.15) is 0 Å². The van der Waals surface area contributed by atoms with Gasteiger partial charge in [-0.05, 0) is 60.7 Å². The fourth-order valence-corrected chi connectivity index (χ4v) is 5.09. The summed E-state index contributed by atoms with van der Waals surface area (Å²) in [5.74, 6) is 0.218. The summed E-state index contributed by atoms with van der Waals surface area (Å²) in [5, 5.41) is 3.75. The van der Waals surface area contributed by atoms with Crippen molar-refractivity contribution in [1.82, 2.24) is 15.1 Å². The van der Waals surface area contributed by atoms with Crippen molar-refractivity contribution < 1.29 is 13.9 Å². The lowest BCUT2D eigenvalue weighted by molar-refractivity contribution is -0.121. The Morgan fingerprint density at radius 2 is 1.73 bits per heavy atom. The molecule has 2 atom stereocenters. The van der Waals surface area contributed by atoms with Gasteiger partial charge in [0.25, 0.3) is 0 Å². The summed E-state index contributed by atoms with van der Waals surface area (Å²) in [5.41, 5.74) is 2.17. The van der Waals surface area contributed by atoms with Gasteiger partial charge in [0.15, 0.2) is 0 Å². The van der Waals surface area contributed by atoms with Gasteiger partial charge in [0.2, 0.25) is 5.91 Å². The Morgan fingerprint density at radius 1 is 1.03 bits per heavy atom. The van der Waals surface area contributed by atoms with E-state index in [-0.39, 0.29) is 11.7 Å². The maximum Gasteiger partial charge on any atom is 0.220 e. The van der Waals surface area contributed by atoms with Crippen molar-refractivity contribution in [2.45, 2.75) is 38.4 Å². The first-order chi connectivity index (χ1) is 16.1. The van der Waals surface area contributed by atoms with Crippen LogP contribution in [0.2, 0.25) is 5.02 Å². The van der Waals surface area contributed by atoms with Crippen LogP contribution in [0.15, 0.2) is 48.5 Å². The molecule has 2 saturated heterocycles. The van der Waals surface area contributed by atoms with Crippen LogP contribution < -0.4 is 5.32 Å². The second kappa shape index (κ2) is 11.9. The van der Waals surface area contributed by atoms with E-state index in [0.29, 0.717) is 24.9 Å². The largest absolute Gasteiger partial charge is 0.379 e. The van der Waals surface area contributed by atoms with Crippen molar-refractivity contribution >= 4 is 17.5 Å². The van der Waals surface area contributed by atoms with Crippen molar-refractivity contribution in [3.63, 3.8) is 0 Å². The van der Waals surface area contributed by atoms with Crippen molar-refractivity contribution in [3.05, 3.63) is 70.5 Å². The Hall–Kier alpha value is -1.99. The molecule has 1 amide bonds. The molecule has 1 N–H and O–H groups in total. The lowest BCUT2D eigenvalue weighted by Crippen LogP contribution is -2.54. The molecule has 0 spiro atoms. The van der Waals surface area contributed by atoms with E-state index in [1.54, 1.807) is 12.1 Å². The average Bonchev–Trinajstić information content (AvgIpc) is 2.84. The molecule has 2 aromatic rings. The molecule has 2 aromatic carbocycles. The Morgan fingerprint density at radius 3 is 2.45 bits per heavy atom. The molecule has 178 valence electrons. The number of morpholine rings is 1. The number of amides is 1. The van der Waals surface area contributed by atoms with Gasteiger partial charge in [0.1, 0.15) is 5.82 Å². The van der Waals surface area contributed by atoms with Crippen molar-refractivity contribution in [1.29, 1.82) is 0 Å². The highest BCUT2D eigenvalue weighted by molar-refractivity contribution is 6.30. The third-order valence-corrected chi connectivity index (χ3v) is 7.01. The van der Waals surface area contributed by atoms with Crippen LogP contribution in [0.4, 0.5) is 4.39 Å². The summed E-state index contributed by atoms with van der Waals surface area (Å²) >= 11 is 6.04. The molecule has 7 heteroatoms. The molecule has 2 fully saturated rings. The topological polar surface area (TPSA) is 44.8 Å². The molecule has 5 nitrogen and oxygen atoms in total. The van der Waals surface area contributed by atoms with E-state index in [4.69, 9.17) is 16.3 Å². The van der Waals surface area contributed by atoms with Crippen molar-refractivity contribution in [2.24, 2.45) is 5.92 Å². The van der Waals surface area contributed by atoms with Crippen LogP contribution in [-0.4, -0.2) is 61.1 Å². The number of halogens is 2. The first kappa shape index (κ1) is 24.1. The number of nitrogens with zero attached hydrogens (tertiary/aromatic N) is 2. The average molecular weight is 474 g/mol. The minimum atomic E-state index is -0.264. The lowest BCUT2D eigenvalue weighted by atomic mass is 9.86. The molecule has 0 unspecified atom stereocenters. The number of rotatable bonds is 8. The zero-order valence-electron chi connectivity index (χ0n) is 19.0. The SMILES string of the molecule is O=C(CC[C@H]1CN(Cc2ccc(Cl)cc2)CC[C@H]1N1CCOCC1)NCc1ccc(F)cc1. The molecule has 0 saturated carbocycles. The van der Waals surface area contributed by atoms with Crippen LogP contribution in [0.3, 0.4) is 0 Å². The molecule has 33 heavy (non-hydrogen) atoms. The van der Waals surface area contributed by atoms with E-state index >= 15 is 0 Å². The van der Waals surface area contributed by atoms with E-state index in [2.05, 4.69) is 27.2 Å². The van der Waals surface area contributed by atoms with E-state index < -0.39 is 0 Å². The number of ether oxygens (including phenoxy) is 1. The van der Waals surface area contributed by atoms with Crippen molar-refractivity contribution in [3.8, 4) is 0 Å². The van der Waals surface area contributed by atoms with Gasteiger partial charge in [-0.1, -0.05) is 35.9 Å². The molecule has 0 aliphatic carbocycles. The van der Waals surface area contributed by atoms with Gasteiger partial charge in [0, 0.05) is 50.2 Å². The fourth-order valence-electron chi connectivity index (χ4n) is 4.97. The summed E-state index contributed by atoms with van der Waals surface area (Å²) in [6.45, 7) is 6.88. The molecular formula is C26H33ClFN3O2. The first-order valence-corrected chi connectivity index (χ1v) is 12.2. The molecule has 0 radical (unpaired) electrons. The van der Waals surface area contributed by atoms with Gasteiger partial charge in [-0.25, -0.2) is 4.39 Å². The van der Waals surface area contributed by atoms with Crippen LogP contribution in [0.25, 0.3) is 0 Å². The number of benzene rings is 2. The first-order valence-electron chi connectivity index (χ1n) is 11.9. The minimum Gasteiger partial charge on any atom is -0.379 e. The standard InChI is InChI=1S/C26H33ClFN3O2/c27-23-6-1-21(2-7-23)18-30-12-11-25(31-13-15-33-16-14-31)22(19-30)5-10-26(32)29-17-20-3-8-24(28)9-4-20/h1-4,6-9,22,25H,5,10-19H2,(H,29,32)/t22-,25+/m0/s1. The molecule has 2 heterocycles. The molecule has 0 aromatic heterocycles. The number of hydrogen-bond acceptors (Lipinski definition) is 4. The summed E-state index contributed by atoms with van der Waals surface area (Å²) in [4.78, 5) is 17.6. The summed E-state index contributed by atoms with van der Waals surface area (Å²) < 4.78 is 18.6. The Bertz CT molecular complexity index is 887. The van der Waals surface area contributed by atoms with Crippen molar-refractivity contribution in [2.75, 3.05) is 39.4 Å². The van der Waals surface area contributed by atoms with Gasteiger partial charge >= 0.3 is 0 Å².